The van der Waals surface area contributed by atoms with E-state index in [0.29, 0.717) is 27.8 Å². The van der Waals surface area contributed by atoms with Crippen molar-refractivity contribution in [1.82, 2.24) is 0 Å². The molecule has 1 aliphatic rings. The summed E-state index contributed by atoms with van der Waals surface area (Å²) in [5.74, 6) is 0.527. The summed E-state index contributed by atoms with van der Waals surface area (Å²) in [6.07, 6.45) is 0. The number of ether oxygens (including phenoxy) is 2. The summed E-state index contributed by atoms with van der Waals surface area (Å²) in [5.41, 5.74) is 2.47. The third kappa shape index (κ3) is 3.85. The number of rotatable bonds is 5. The van der Waals surface area contributed by atoms with Crippen molar-refractivity contribution in [3.05, 3.63) is 46.5 Å². The lowest BCUT2D eigenvalue weighted by Crippen LogP contribution is -2.22. The van der Waals surface area contributed by atoms with Gasteiger partial charge in [0.1, 0.15) is 0 Å². The molecule has 0 spiro atoms. The molecular weight excluding hydrogens is 344 g/mol. The Bertz CT molecular complexity index is 851. The molecule has 0 unspecified atom stereocenters. The molecule has 0 fully saturated rings. The number of Topliss-reactive ketones (excluding diaryl/α,β-unsaturated/α-hetero) is 1. The molecule has 1 heterocycles. The number of hydrogen-bond donors (Lipinski definition) is 2. The van der Waals surface area contributed by atoms with E-state index in [2.05, 4.69) is 10.6 Å². The first-order valence-electron chi connectivity index (χ1n) is 7.68. The zero-order chi connectivity index (χ0) is 18.0. The molecule has 0 saturated carbocycles. The second kappa shape index (κ2) is 7.03. The molecule has 1 amide bonds. The van der Waals surface area contributed by atoms with Crippen LogP contribution in [-0.4, -0.2) is 25.0 Å². The van der Waals surface area contributed by atoms with Crippen molar-refractivity contribution >= 4 is 34.7 Å². The van der Waals surface area contributed by atoms with Gasteiger partial charge >= 0.3 is 0 Å². The Labute approximate surface area is 150 Å². The molecule has 2 N–H and O–H groups in total. The summed E-state index contributed by atoms with van der Waals surface area (Å²) in [4.78, 5) is 24.0. The molecule has 2 aromatic carbocycles. The highest BCUT2D eigenvalue weighted by Crippen LogP contribution is 2.37. The van der Waals surface area contributed by atoms with Gasteiger partial charge in [-0.1, -0.05) is 17.7 Å². The topological polar surface area (TPSA) is 76.7 Å². The molecule has 0 atom stereocenters. The zero-order valence-electron chi connectivity index (χ0n) is 13.8. The van der Waals surface area contributed by atoms with E-state index in [9.17, 15) is 9.59 Å². The molecule has 0 saturated heterocycles. The van der Waals surface area contributed by atoms with Crippen LogP contribution >= 0.6 is 11.6 Å². The number of benzene rings is 2. The maximum atomic E-state index is 12.2. The Morgan fingerprint density at radius 2 is 1.88 bits per heavy atom. The fourth-order valence-corrected chi connectivity index (χ4v) is 2.60. The molecule has 130 valence electrons. The summed E-state index contributed by atoms with van der Waals surface area (Å²) in [7, 11) is 0. The molecule has 0 bridgehead atoms. The van der Waals surface area contributed by atoms with E-state index in [1.165, 1.54) is 6.92 Å². The smallest absolute Gasteiger partial charge is 0.243 e. The fraction of sp³-hybridized carbons (Fsp3) is 0.222. The van der Waals surface area contributed by atoms with Gasteiger partial charge in [-0.2, -0.15) is 0 Å². The minimum absolute atomic E-state index is 0.0329. The highest BCUT2D eigenvalue weighted by atomic mass is 35.5. The number of amides is 1. The number of carbonyl (C=O) groups excluding carboxylic acids is 2. The van der Waals surface area contributed by atoms with E-state index < -0.39 is 0 Å². The van der Waals surface area contributed by atoms with Crippen LogP contribution in [0.1, 0.15) is 22.8 Å². The van der Waals surface area contributed by atoms with Crippen molar-refractivity contribution in [2.24, 2.45) is 0 Å². The monoisotopic (exact) mass is 360 g/mol. The Hall–Kier alpha value is -2.73. The molecule has 25 heavy (non-hydrogen) atoms. The molecule has 1 aliphatic heterocycles. The van der Waals surface area contributed by atoms with Crippen LogP contribution in [-0.2, 0) is 4.79 Å². The lowest BCUT2D eigenvalue weighted by molar-refractivity contribution is -0.114. The molecule has 3 rings (SSSR count). The first-order chi connectivity index (χ1) is 11.9. The number of carbonyl (C=O) groups is 2. The number of ketones is 1. The number of fused-ring (bicyclic) bond motifs is 1. The number of halogens is 1. The van der Waals surface area contributed by atoms with E-state index in [4.69, 9.17) is 21.1 Å². The van der Waals surface area contributed by atoms with Gasteiger partial charge < -0.3 is 20.1 Å². The predicted molar refractivity (Wildman–Crippen MR) is 95.9 cm³/mol. The normalized spacial score (nSPS) is 12.0. The van der Waals surface area contributed by atoms with Gasteiger partial charge in [0.2, 0.25) is 12.7 Å². The molecule has 7 heteroatoms. The first-order valence-corrected chi connectivity index (χ1v) is 8.06. The van der Waals surface area contributed by atoms with Crippen molar-refractivity contribution in [1.29, 1.82) is 0 Å². The largest absolute Gasteiger partial charge is 0.454 e. The van der Waals surface area contributed by atoms with Crippen LogP contribution in [0.15, 0.2) is 30.3 Å². The van der Waals surface area contributed by atoms with E-state index >= 15 is 0 Å². The van der Waals surface area contributed by atoms with Gasteiger partial charge in [-0.3, -0.25) is 9.59 Å². The van der Waals surface area contributed by atoms with Crippen LogP contribution in [0.5, 0.6) is 11.5 Å². The second-order valence-corrected chi connectivity index (χ2v) is 6.08. The molecular formula is C18H17ClN2O4. The van der Waals surface area contributed by atoms with Crippen LogP contribution in [0.2, 0.25) is 5.02 Å². The van der Waals surface area contributed by atoms with Crippen LogP contribution in [0, 0.1) is 6.92 Å². The van der Waals surface area contributed by atoms with Crippen molar-refractivity contribution in [3.63, 3.8) is 0 Å². The zero-order valence-corrected chi connectivity index (χ0v) is 14.6. The van der Waals surface area contributed by atoms with Crippen LogP contribution in [0.25, 0.3) is 0 Å². The molecule has 6 nitrogen and oxygen atoms in total. The average molecular weight is 361 g/mol. The minimum Gasteiger partial charge on any atom is -0.454 e. The predicted octanol–water partition coefficient (Wildman–Crippen LogP) is 3.63. The first kappa shape index (κ1) is 17.1. The molecule has 0 aromatic heterocycles. The van der Waals surface area contributed by atoms with Crippen LogP contribution in [0.3, 0.4) is 0 Å². The summed E-state index contributed by atoms with van der Waals surface area (Å²) < 4.78 is 10.6. The van der Waals surface area contributed by atoms with Gasteiger partial charge in [0.15, 0.2) is 17.3 Å². The van der Waals surface area contributed by atoms with Crippen molar-refractivity contribution in [2.45, 2.75) is 13.8 Å². The maximum Gasteiger partial charge on any atom is 0.243 e. The minimum atomic E-state index is -0.293. The Kier molecular flexibility index (Phi) is 4.81. The number of anilines is 2. The molecule has 2 aromatic rings. The fourth-order valence-electron chi connectivity index (χ4n) is 2.42. The lowest BCUT2D eigenvalue weighted by atomic mass is 10.1. The Morgan fingerprint density at radius 1 is 1.16 bits per heavy atom. The number of aryl methyl sites for hydroxylation is 1. The number of nitrogens with one attached hydrogen (secondary N) is 2. The summed E-state index contributed by atoms with van der Waals surface area (Å²) in [6, 6.07) is 8.64. The van der Waals surface area contributed by atoms with E-state index in [1.807, 2.05) is 19.1 Å². The van der Waals surface area contributed by atoms with E-state index in [-0.39, 0.29) is 25.0 Å². The Balaban J connectivity index is 1.70. The molecule has 0 aliphatic carbocycles. The quantitative estimate of drug-likeness (QED) is 0.796. The van der Waals surface area contributed by atoms with Gasteiger partial charge in [0.25, 0.3) is 0 Å². The van der Waals surface area contributed by atoms with Gasteiger partial charge in [0.05, 0.1) is 12.2 Å². The van der Waals surface area contributed by atoms with Crippen LogP contribution < -0.4 is 20.1 Å². The highest BCUT2D eigenvalue weighted by molar-refractivity contribution is 6.31. The van der Waals surface area contributed by atoms with E-state index in [1.54, 1.807) is 18.2 Å². The van der Waals surface area contributed by atoms with Crippen molar-refractivity contribution in [2.75, 3.05) is 24.0 Å². The highest BCUT2D eigenvalue weighted by Gasteiger charge is 2.20. The van der Waals surface area contributed by atoms with Gasteiger partial charge in [-0.25, -0.2) is 0 Å². The number of hydrogen-bond acceptors (Lipinski definition) is 5. The maximum absolute atomic E-state index is 12.2. The second-order valence-electron chi connectivity index (χ2n) is 5.67. The molecule has 0 radical (unpaired) electrons. The third-order valence-corrected chi connectivity index (χ3v) is 4.20. The van der Waals surface area contributed by atoms with Crippen molar-refractivity contribution < 1.29 is 19.1 Å². The van der Waals surface area contributed by atoms with Gasteiger partial charge in [-0.15, -0.1) is 0 Å². The summed E-state index contributed by atoms with van der Waals surface area (Å²) in [5, 5.41) is 6.35. The third-order valence-electron chi connectivity index (χ3n) is 3.79. The van der Waals surface area contributed by atoms with Gasteiger partial charge in [0, 0.05) is 22.3 Å². The Morgan fingerprint density at radius 3 is 2.56 bits per heavy atom. The van der Waals surface area contributed by atoms with E-state index in [0.717, 1.165) is 11.3 Å². The SMILES string of the molecule is CC(=O)c1cc2c(cc1NC(=O)CNc1ccc(C)c(Cl)c1)OCO2. The summed E-state index contributed by atoms with van der Waals surface area (Å²) in [6.45, 7) is 3.46. The van der Waals surface area contributed by atoms with Crippen molar-refractivity contribution in [3.8, 4) is 11.5 Å². The standard InChI is InChI=1S/C18H17ClN2O4/c1-10-3-4-12(5-14(10)19)20-8-18(23)21-15-7-17-16(24-9-25-17)6-13(15)11(2)22/h3-7,20H,8-9H2,1-2H3,(H,21,23). The lowest BCUT2D eigenvalue weighted by Gasteiger charge is -2.12. The summed E-state index contributed by atoms with van der Waals surface area (Å²) >= 11 is 6.06. The van der Waals surface area contributed by atoms with Gasteiger partial charge in [-0.05, 0) is 37.6 Å². The average Bonchev–Trinajstić information content (AvgIpc) is 3.02. The van der Waals surface area contributed by atoms with Crippen LogP contribution in [0.4, 0.5) is 11.4 Å².